The molecule has 2 aliphatic heterocycles. The molecule has 1 saturated carbocycles. The summed E-state index contributed by atoms with van der Waals surface area (Å²) < 4.78 is 5.76. The van der Waals surface area contributed by atoms with Gasteiger partial charge in [-0.25, -0.2) is 4.98 Å². The first-order chi connectivity index (χ1) is 14.3. The fraction of sp³-hybridized carbons (Fsp3) is 0.409. The van der Waals surface area contributed by atoms with Gasteiger partial charge in [0.05, 0.1) is 24.4 Å². The molecule has 2 N–H and O–H groups in total. The predicted octanol–water partition coefficient (Wildman–Crippen LogP) is 3.39. The van der Waals surface area contributed by atoms with E-state index in [4.69, 9.17) is 14.7 Å². The van der Waals surface area contributed by atoms with Gasteiger partial charge in [-0.3, -0.25) is 5.10 Å². The second-order valence-electron chi connectivity index (χ2n) is 8.31. The van der Waals surface area contributed by atoms with Gasteiger partial charge in [0.25, 0.3) is 0 Å². The molecule has 2 atom stereocenters. The largest absolute Gasteiger partial charge is 0.374 e. The quantitative estimate of drug-likeness (QED) is 0.674. The third-order valence-electron chi connectivity index (χ3n) is 6.02. The maximum absolute atomic E-state index is 5.76. The molecule has 0 spiro atoms. The number of aromatic nitrogens is 4. The Morgan fingerprint density at radius 2 is 2.00 bits per heavy atom. The molecule has 3 aliphatic rings. The monoisotopic (exact) mass is 388 g/mol. The Morgan fingerprint density at radius 3 is 2.76 bits per heavy atom. The van der Waals surface area contributed by atoms with E-state index >= 15 is 0 Å². The van der Waals surface area contributed by atoms with Gasteiger partial charge in [0.15, 0.2) is 5.82 Å². The summed E-state index contributed by atoms with van der Waals surface area (Å²) in [6.07, 6.45) is 4.65. The Labute approximate surface area is 169 Å². The minimum absolute atomic E-state index is 0.310. The van der Waals surface area contributed by atoms with Crippen molar-refractivity contribution >= 4 is 17.6 Å². The van der Waals surface area contributed by atoms with E-state index in [1.54, 1.807) is 0 Å². The third-order valence-corrected chi connectivity index (χ3v) is 6.02. The zero-order chi connectivity index (χ0) is 19.2. The molecule has 1 aliphatic carbocycles. The van der Waals surface area contributed by atoms with Crippen LogP contribution < -0.4 is 10.2 Å². The Balaban J connectivity index is 1.31. The molecule has 0 unspecified atom stereocenters. The van der Waals surface area contributed by atoms with Crippen molar-refractivity contribution in [3.8, 4) is 0 Å². The molecule has 2 saturated heterocycles. The number of rotatable bonds is 6. The first-order valence-corrected chi connectivity index (χ1v) is 10.4. The van der Waals surface area contributed by atoms with Gasteiger partial charge in [0.2, 0.25) is 5.95 Å². The molecule has 7 nitrogen and oxygen atoms in total. The van der Waals surface area contributed by atoms with Crippen LogP contribution in [0.25, 0.3) is 0 Å². The molecular formula is C22H24N6O. The highest BCUT2D eigenvalue weighted by Gasteiger charge is 2.40. The zero-order valence-electron chi connectivity index (χ0n) is 16.2. The Bertz CT molecular complexity index is 1020. The molecule has 7 heteroatoms. The highest BCUT2D eigenvalue weighted by molar-refractivity contribution is 5.55. The van der Waals surface area contributed by atoms with Crippen LogP contribution in [-0.2, 0) is 11.2 Å². The molecule has 3 fully saturated rings. The van der Waals surface area contributed by atoms with Gasteiger partial charge in [-0.05, 0) is 24.8 Å². The minimum atomic E-state index is 0.310. The zero-order valence-corrected chi connectivity index (χ0v) is 16.2. The Hall–Kier alpha value is -2.93. The molecule has 4 heterocycles. The first-order valence-electron chi connectivity index (χ1n) is 10.4. The van der Waals surface area contributed by atoms with Gasteiger partial charge < -0.3 is 15.0 Å². The normalized spacial score (nSPS) is 23.0. The number of anilines is 3. The summed E-state index contributed by atoms with van der Waals surface area (Å²) in [6, 6.07) is 15.0. The summed E-state index contributed by atoms with van der Waals surface area (Å²) in [4.78, 5) is 12.0. The van der Waals surface area contributed by atoms with Crippen LogP contribution >= 0.6 is 0 Å². The van der Waals surface area contributed by atoms with Gasteiger partial charge in [-0.1, -0.05) is 30.3 Å². The van der Waals surface area contributed by atoms with Crippen LogP contribution in [0.1, 0.15) is 42.1 Å². The highest BCUT2D eigenvalue weighted by Crippen LogP contribution is 2.39. The predicted molar refractivity (Wildman–Crippen MR) is 111 cm³/mol. The van der Waals surface area contributed by atoms with Gasteiger partial charge >= 0.3 is 0 Å². The number of morpholine rings is 1. The Kier molecular flexibility index (Phi) is 4.01. The molecule has 1 aromatic carbocycles. The third kappa shape index (κ3) is 3.46. The molecule has 29 heavy (non-hydrogen) atoms. The number of hydrogen-bond donors (Lipinski definition) is 2. The number of aromatic amines is 1. The van der Waals surface area contributed by atoms with Crippen LogP contribution in [0.5, 0.6) is 0 Å². The lowest BCUT2D eigenvalue weighted by Gasteiger charge is -2.27. The van der Waals surface area contributed by atoms with Crippen molar-refractivity contribution in [2.75, 3.05) is 23.4 Å². The van der Waals surface area contributed by atoms with E-state index < -0.39 is 0 Å². The van der Waals surface area contributed by atoms with Gasteiger partial charge in [-0.15, -0.1) is 0 Å². The molecule has 2 bridgehead atoms. The van der Waals surface area contributed by atoms with E-state index in [1.807, 2.05) is 12.1 Å². The van der Waals surface area contributed by atoms with Crippen LogP contribution in [0.4, 0.5) is 17.6 Å². The lowest BCUT2D eigenvalue weighted by molar-refractivity contribution is 0.0986. The lowest BCUT2D eigenvalue weighted by Crippen LogP contribution is -2.38. The smallest absolute Gasteiger partial charge is 0.227 e. The molecule has 3 aromatic rings. The van der Waals surface area contributed by atoms with Crippen molar-refractivity contribution in [2.45, 2.75) is 43.7 Å². The number of H-pyrrole nitrogens is 1. The average molecular weight is 388 g/mol. The SMILES string of the molecule is c1ccc(Cc2cc(Nc3cc(C4CC4)[nH]n3)nc(N3C[C@@H]4C[C@H]3CO4)n2)cc1. The summed E-state index contributed by atoms with van der Waals surface area (Å²) in [5, 5.41) is 11.0. The lowest BCUT2D eigenvalue weighted by atomic mass is 10.1. The van der Waals surface area contributed by atoms with Crippen LogP contribution in [0, 0.1) is 0 Å². The molecule has 0 amide bonds. The molecular weight excluding hydrogens is 364 g/mol. The van der Waals surface area contributed by atoms with Crippen LogP contribution in [0.15, 0.2) is 42.5 Å². The van der Waals surface area contributed by atoms with E-state index in [2.05, 4.69) is 50.7 Å². The number of ether oxygens (including phenoxy) is 1. The maximum atomic E-state index is 5.76. The number of nitrogens with zero attached hydrogens (tertiary/aromatic N) is 4. The fourth-order valence-electron chi connectivity index (χ4n) is 4.35. The Morgan fingerprint density at radius 1 is 1.10 bits per heavy atom. The highest BCUT2D eigenvalue weighted by atomic mass is 16.5. The van der Waals surface area contributed by atoms with Crippen molar-refractivity contribution in [3.63, 3.8) is 0 Å². The maximum Gasteiger partial charge on any atom is 0.227 e. The second kappa shape index (κ2) is 6.84. The fourth-order valence-corrected chi connectivity index (χ4v) is 4.35. The van der Waals surface area contributed by atoms with Crippen LogP contribution in [0.3, 0.4) is 0 Å². The van der Waals surface area contributed by atoms with Crippen molar-refractivity contribution in [2.24, 2.45) is 0 Å². The van der Waals surface area contributed by atoms with Crippen molar-refractivity contribution in [1.29, 1.82) is 0 Å². The van der Waals surface area contributed by atoms with Gasteiger partial charge in [-0.2, -0.15) is 10.1 Å². The van der Waals surface area contributed by atoms with E-state index in [0.717, 1.165) is 49.3 Å². The van der Waals surface area contributed by atoms with E-state index in [9.17, 15) is 0 Å². The molecule has 148 valence electrons. The number of fused-ring (bicyclic) bond motifs is 2. The summed E-state index contributed by atoms with van der Waals surface area (Å²) in [5.74, 6) is 3.04. The van der Waals surface area contributed by atoms with Crippen molar-refractivity contribution in [3.05, 3.63) is 59.4 Å². The number of hydrogen-bond acceptors (Lipinski definition) is 6. The minimum Gasteiger partial charge on any atom is -0.374 e. The summed E-state index contributed by atoms with van der Waals surface area (Å²) in [6.45, 7) is 1.64. The summed E-state index contributed by atoms with van der Waals surface area (Å²) in [5.41, 5.74) is 3.45. The number of nitrogens with one attached hydrogen (secondary N) is 2. The van der Waals surface area contributed by atoms with Gasteiger partial charge in [0, 0.05) is 36.7 Å². The average Bonchev–Trinajstić information content (AvgIpc) is 3.13. The van der Waals surface area contributed by atoms with E-state index in [-0.39, 0.29) is 0 Å². The summed E-state index contributed by atoms with van der Waals surface area (Å²) >= 11 is 0. The standard InChI is InChI=1S/C22H24N6O/c1-2-4-14(5-3-1)8-16-9-20(24-21-11-19(26-27-21)15-6-7-15)25-22(23-16)28-12-18-10-17(28)13-29-18/h1-5,9,11,15,17-18H,6-8,10,12-13H2,(H2,23,24,25,26,27)/t17-,18-/m0/s1. The van der Waals surface area contributed by atoms with Gasteiger partial charge in [0.1, 0.15) is 5.82 Å². The second-order valence-corrected chi connectivity index (χ2v) is 8.31. The number of benzene rings is 1. The van der Waals surface area contributed by atoms with E-state index in [0.29, 0.717) is 18.1 Å². The van der Waals surface area contributed by atoms with Crippen molar-refractivity contribution < 1.29 is 4.74 Å². The molecule has 6 rings (SSSR count). The first kappa shape index (κ1) is 17.0. The topological polar surface area (TPSA) is 79.0 Å². The van der Waals surface area contributed by atoms with Crippen LogP contribution in [-0.4, -0.2) is 45.5 Å². The van der Waals surface area contributed by atoms with Crippen molar-refractivity contribution in [1.82, 2.24) is 20.2 Å². The van der Waals surface area contributed by atoms with Crippen LogP contribution in [0.2, 0.25) is 0 Å². The molecule has 0 radical (unpaired) electrons. The summed E-state index contributed by atoms with van der Waals surface area (Å²) in [7, 11) is 0. The van der Waals surface area contributed by atoms with E-state index in [1.165, 1.54) is 24.1 Å². The molecule has 2 aromatic heterocycles.